The number of rotatable bonds is 29. The summed E-state index contributed by atoms with van der Waals surface area (Å²) in [6.45, 7) is 12.5. The zero-order valence-corrected chi connectivity index (χ0v) is 31.1. The molecule has 1 atom stereocenters. The van der Waals surface area contributed by atoms with Crippen molar-refractivity contribution in [1.29, 1.82) is 0 Å². The molecule has 3 rings (SSSR count). The standard InChI is InChI=1S/C36H55N3O14/c1-36(2,3)53-31(41)9-11-45-13-15-47-17-19-49-21-23-51-25-26-52-24-22-50-20-18-48-16-14-46-12-10-37-28-6-4-5-27-32(28)35(44)39(34(27)43)29-7-8-30(40)38-33(29)42/h4-6,29,37H,7-26H2,1-3H3,(H,38,40,42). The van der Waals surface area contributed by atoms with E-state index in [1.54, 1.807) is 18.2 Å². The highest BCUT2D eigenvalue weighted by atomic mass is 16.6. The molecule has 1 aromatic rings. The van der Waals surface area contributed by atoms with Gasteiger partial charge in [-0.3, -0.25) is 34.2 Å². The summed E-state index contributed by atoms with van der Waals surface area (Å²) in [5, 5.41) is 5.32. The van der Waals surface area contributed by atoms with Gasteiger partial charge in [0.15, 0.2) is 0 Å². The monoisotopic (exact) mass is 753 g/mol. The van der Waals surface area contributed by atoms with Gasteiger partial charge in [0.25, 0.3) is 11.8 Å². The Morgan fingerprint density at radius 2 is 1.17 bits per heavy atom. The first-order valence-corrected chi connectivity index (χ1v) is 18.0. The van der Waals surface area contributed by atoms with Crippen LogP contribution in [0.2, 0.25) is 0 Å². The summed E-state index contributed by atoms with van der Waals surface area (Å²) in [4.78, 5) is 62.4. The van der Waals surface area contributed by atoms with Gasteiger partial charge in [-0.25, -0.2) is 0 Å². The first kappa shape index (κ1) is 43.9. The van der Waals surface area contributed by atoms with E-state index in [2.05, 4.69) is 10.6 Å². The van der Waals surface area contributed by atoms with Crippen LogP contribution in [0.4, 0.5) is 5.69 Å². The lowest BCUT2D eigenvalue weighted by atomic mass is 10.0. The fourth-order valence-corrected chi connectivity index (χ4v) is 5.11. The van der Waals surface area contributed by atoms with Gasteiger partial charge in [0.1, 0.15) is 11.6 Å². The van der Waals surface area contributed by atoms with Crippen molar-refractivity contribution in [3.05, 3.63) is 29.3 Å². The van der Waals surface area contributed by atoms with Crippen LogP contribution in [0.15, 0.2) is 18.2 Å². The number of ether oxygens (including phenoxy) is 9. The van der Waals surface area contributed by atoms with Crippen molar-refractivity contribution in [3.63, 3.8) is 0 Å². The number of fused-ring (bicyclic) bond motifs is 1. The Bertz CT molecular complexity index is 1300. The lowest BCUT2D eigenvalue weighted by molar-refractivity contribution is -0.156. The van der Waals surface area contributed by atoms with Gasteiger partial charge in [-0.05, 0) is 39.3 Å². The third-order valence-corrected chi connectivity index (χ3v) is 7.50. The maximum absolute atomic E-state index is 13.1. The average Bonchev–Trinajstić information content (AvgIpc) is 3.36. The van der Waals surface area contributed by atoms with E-state index in [0.29, 0.717) is 118 Å². The van der Waals surface area contributed by atoms with Gasteiger partial charge >= 0.3 is 5.97 Å². The van der Waals surface area contributed by atoms with Gasteiger partial charge in [0.2, 0.25) is 11.8 Å². The molecular weight excluding hydrogens is 698 g/mol. The van der Waals surface area contributed by atoms with Crippen LogP contribution in [-0.4, -0.2) is 158 Å². The van der Waals surface area contributed by atoms with Crippen LogP contribution < -0.4 is 10.6 Å². The van der Waals surface area contributed by atoms with Gasteiger partial charge in [-0.2, -0.15) is 0 Å². The topological polar surface area (TPSA) is 196 Å². The number of esters is 1. The van der Waals surface area contributed by atoms with E-state index in [-0.39, 0.29) is 36.4 Å². The molecule has 2 N–H and O–H groups in total. The highest BCUT2D eigenvalue weighted by Gasteiger charge is 2.45. The Morgan fingerprint density at radius 3 is 1.64 bits per heavy atom. The molecule has 17 nitrogen and oxygen atoms in total. The summed E-state index contributed by atoms with van der Waals surface area (Å²) in [7, 11) is 0. The normalized spacial score (nSPS) is 15.9. The lowest BCUT2D eigenvalue weighted by Gasteiger charge is -2.27. The van der Waals surface area contributed by atoms with Crippen molar-refractivity contribution in [1.82, 2.24) is 10.2 Å². The molecule has 0 bridgehead atoms. The number of carbonyl (C=O) groups excluding carboxylic acids is 5. The van der Waals surface area contributed by atoms with Crippen molar-refractivity contribution in [2.45, 2.75) is 51.7 Å². The van der Waals surface area contributed by atoms with Crippen LogP contribution in [-0.2, 0) is 57.0 Å². The second-order valence-electron chi connectivity index (χ2n) is 12.8. The first-order valence-electron chi connectivity index (χ1n) is 18.0. The average molecular weight is 754 g/mol. The molecule has 1 fully saturated rings. The number of anilines is 1. The Morgan fingerprint density at radius 1 is 0.698 bits per heavy atom. The third-order valence-electron chi connectivity index (χ3n) is 7.50. The summed E-state index contributed by atoms with van der Waals surface area (Å²) < 4.78 is 49.0. The molecule has 17 heteroatoms. The maximum Gasteiger partial charge on any atom is 0.308 e. The smallest absolute Gasteiger partial charge is 0.308 e. The number of hydrogen-bond donors (Lipinski definition) is 2. The summed E-state index contributed by atoms with van der Waals surface area (Å²) in [5.41, 5.74) is 0.409. The van der Waals surface area contributed by atoms with Gasteiger partial charge < -0.3 is 47.9 Å². The Kier molecular flexibility index (Phi) is 20.4. The molecule has 2 aliphatic rings. The quantitative estimate of drug-likeness (QED) is 0.0676. The second-order valence-corrected chi connectivity index (χ2v) is 12.8. The fourth-order valence-electron chi connectivity index (χ4n) is 5.11. The molecular formula is C36H55N3O14. The maximum atomic E-state index is 13.1. The van der Waals surface area contributed by atoms with Crippen LogP contribution in [0.3, 0.4) is 0 Å². The number of hydrogen-bond acceptors (Lipinski definition) is 15. The SMILES string of the molecule is CC(C)(C)OC(=O)CCOCCOCCOCCOCCOCCOCCOCCOCCNc1cccc2c1C(=O)N(C1CCC(=O)NC1=O)C2=O. The molecule has 0 saturated carbocycles. The molecule has 0 spiro atoms. The van der Waals surface area contributed by atoms with Crippen molar-refractivity contribution < 1.29 is 66.6 Å². The Balaban J connectivity index is 1.04. The number of nitrogens with one attached hydrogen (secondary N) is 2. The van der Waals surface area contributed by atoms with Crippen LogP contribution >= 0.6 is 0 Å². The van der Waals surface area contributed by atoms with Gasteiger partial charge in [0.05, 0.1) is 123 Å². The molecule has 1 aromatic carbocycles. The minimum atomic E-state index is -1.01. The summed E-state index contributed by atoms with van der Waals surface area (Å²) in [6, 6.07) is 3.89. The molecule has 53 heavy (non-hydrogen) atoms. The molecule has 298 valence electrons. The number of carbonyl (C=O) groups is 5. The van der Waals surface area contributed by atoms with E-state index < -0.39 is 35.3 Å². The molecule has 1 saturated heterocycles. The third kappa shape index (κ3) is 17.0. The van der Waals surface area contributed by atoms with Crippen LogP contribution in [0.5, 0.6) is 0 Å². The van der Waals surface area contributed by atoms with Gasteiger partial charge in [-0.15, -0.1) is 0 Å². The molecule has 2 heterocycles. The molecule has 0 radical (unpaired) electrons. The summed E-state index contributed by atoms with van der Waals surface area (Å²) in [5.74, 6) is -2.46. The van der Waals surface area contributed by atoms with E-state index in [0.717, 1.165) is 4.90 Å². The van der Waals surface area contributed by atoms with E-state index in [4.69, 9.17) is 42.6 Å². The number of nitrogens with zero attached hydrogens (tertiary/aromatic N) is 1. The number of piperidine rings is 1. The Labute approximate surface area is 310 Å². The largest absolute Gasteiger partial charge is 0.460 e. The van der Waals surface area contributed by atoms with Gasteiger partial charge in [-0.1, -0.05) is 6.07 Å². The van der Waals surface area contributed by atoms with Crippen LogP contribution in [0, 0.1) is 0 Å². The molecule has 1 unspecified atom stereocenters. The molecule has 0 aromatic heterocycles. The predicted octanol–water partition coefficient (Wildman–Crippen LogP) is 1.36. The van der Waals surface area contributed by atoms with Crippen molar-refractivity contribution in [3.8, 4) is 0 Å². The number of imide groups is 2. The first-order chi connectivity index (χ1) is 25.6. The molecule has 0 aliphatic carbocycles. The van der Waals surface area contributed by atoms with E-state index in [1.165, 1.54) is 0 Å². The zero-order valence-electron chi connectivity index (χ0n) is 31.1. The predicted molar refractivity (Wildman–Crippen MR) is 189 cm³/mol. The number of amides is 4. The number of benzene rings is 1. The van der Waals surface area contributed by atoms with Crippen LogP contribution in [0.1, 0.15) is 60.7 Å². The van der Waals surface area contributed by atoms with Crippen molar-refractivity contribution in [2.75, 3.05) is 118 Å². The second kappa shape index (κ2) is 24.7. The lowest BCUT2D eigenvalue weighted by Crippen LogP contribution is -2.54. The minimum Gasteiger partial charge on any atom is -0.460 e. The van der Waals surface area contributed by atoms with Crippen LogP contribution in [0.25, 0.3) is 0 Å². The van der Waals surface area contributed by atoms with E-state index >= 15 is 0 Å². The Hall–Kier alpha value is -3.55. The van der Waals surface area contributed by atoms with Crippen molar-refractivity contribution >= 4 is 35.3 Å². The zero-order chi connectivity index (χ0) is 38.3. The minimum absolute atomic E-state index is 0.0635. The summed E-state index contributed by atoms with van der Waals surface area (Å²) >= 11 is 0. The fraction of sp³-hybridized carbons (Fsp3) is 0.694. The van der Waals surface area contributed by atoms with E-state index in [9.17, 15) is 24.0 Å². The summed E-state index contributed by atoms with van der Waals surface area (Å²) in [6.07, 6.45) is 0.380. The highest BCUT2D eigenvalue weighted by molar-refractivity contribution is 6.25. The molecule has 2 aliphatic heterocycles. The molecule has 4 amide bonds. The van der Waals surface area contributed by atoms with E-state index in [1.807, 2.05) is 20.8 Å². The highest BCUT2D eigenvalue weighted by Crippen LogP contribution is 2.32. The van der Waals surface area contributed by atoms with Crippen molar-refractivity contribution in [2.24, 2.45) is 0 Å². The van der Waals surface area contributed by atoms with Gasteiger partial charge in [0, 0.05) is 18.7 Å².